The number of benzene rings is 1. The molecule has 0 saturated heterocycles. The zero-order chi connectivity index (χ0) is 21.5. The van der Waals surface area contributed by atoms with Crippen molar-refractivity contribution in [3.63, 3.8) is 0 Å². The quantitative estimate of drug-likeness (QED) is 0.608. The van der Waals surface area contributed by atoms with Crippen molar-refractivity contribution in [2.24, 2.45) is 23.2 Å². The Bertz CT molecular complexity index is 924. The monoisotopic (exact) mass is 435 g/mol. The Hall–Kier alpha value is -2.29. The number of rotatable bonds is 7. The lowest BCUT2D eigenvalue weighted by atomic mass is 9.49. The third-order valence-corrected chi connectivity index (χ3v) is 7.30. The van der Waals surface area contributed by atoms with Crippen LogP contribution in [-0.4, -0.2) is 40.1 Å². The fraction of sp³-hybridized carbons (Fsp3) is 0.619. The van der Waals surface area contributed by atoms with Crippen molar-refractivity contribution in [2.45, 2.75) is 38.5 Å². The molecule has 5 rings (SSSR count). The highest BCUT2D eigenvalue weighted by Crippen LogP contribution is 2.60. The van der Waals surface area contributed by atoms with Crippen LogP contribution in [0.1, 0.15) is 38.5 Å². The summed E-state index contributed by atoms with van der Waals surface area (Å²) in [6, 6.07) is 4.63. The highest BCUT2D eigenvalue weighted by molar-refractivity contribution is 7.92. The van der Waals surface area contributed by atoms with Crippen molar-refractivity contribution in [1.29, 1.82) is 0 Å². The molecule has 4 aliphatic carbocycles. The first kappa shape index (κ1) is 21.0. The maximum Gasteiger partial charge on any atom is 0.243 e. The van der Waals surface area contributed by atoms with Gasteiger partial charge in [-0.25, -0.2) is 8.42 Å². The predicted molar refractivity (Wildman–Crippen MR) is 114 cm³/mol. The number of hydrogen-bond acceptors (Lipinski definition) is 5. The molecule has 1 aromatic carbocycles. The standard InChI is InChI=1S/C21H29N3O5S/c1-29-18-8-16(3-4-17(18)24-30(2,27)28)23-19(25)12-22-20(26)21-9-13-5-14(10-21)7-15(6-13)11-21/h3-4,8,13-15,24H,5-7,9-12H2,1-2H3,(H,22,26)(H,23,25). The first-order valence-corrected chi connectivity index (χ1v) is 12.3. The Kier molecular flexibility index (Phi) is 5.42. The minimum atomic E-state index is -3.45. The average molecular weight is 436 g/mol. The van der Waals surface area contributed by atoms with Crippen molar-refractivity contribution in [3.05, 3.63) is 18.2 Å². The van der Waals surface area contributed by atoms with Gasteiger partial charge in [0, 0.05) is 17.2 Å². The molecule has 1 aromatic rings. The molecule has 164 valence electrons. The summed E-state index contributed by atoms with van der Waals surface area (Å²) >= 11 is 0. The normalized spacial score (nSPS) is 29.3. The maximum atomic E-state index is 13.0. The maximum absolute atomic E-state index is 13.0. The van der Waals surface area contributed by atoms with Gasteiger partial charge in [-0.3, -0.25) is 14.3 Å². The van der Waals surface area contributed by atoms with E-state index in [0.717, 1.165) is 25.5 Å². The molecule has 0 atom stereocenters. The van der Waals surface area contributed by atoms with Crippen LogP contribution >= 0.6 is 0 Å². The molecule has 0 spiro atoms. The third-order valence-electron chi connectivity index (χ3n) is 6.71. The fourth-order valence-corrected chi connectivity index (χ4v) is 6.56. The van der Waals surface area contributed by atoms with Crippen molar-refractivity contribution < 1.29 is 22.7 Å². The van der Waals surface area contributed by atoms with Gasteiger partial charge in [0.1, 0.15) is 5.75 Å². The number of amides is 2. The molecular formula is C21H29N3O5S. The number of carbonyl (C=O) groups is 2. The van der Waals surface area contributed by atoms with E-state index in [-0.39, 0.29) is 35.2 Å². The lowest BCUT2D eigenvalue weighted by Crippen LogP contribution is -2.54. The van der Waals surface area contributed by atoms with Crippen molar-refractivity contribution in [2.75, 3.05) is 29.9 Å². The summed E-state index contributed by atoms with van der Waals surface area (Å²) in [6.45, 7) is -0.0910. The molecule has 4 saturated carbocycles. The lowest BCUT2D eigenvalue weighted by Gasteiger charge is -2.55. The molecule has 2 amide bonds. The summed E-state index contributed by atoms with van der Waals surface area (Å²) in [6.07, 6.45) is 7.71. The van der Waals surface area contributed by atoms with E-state index in [9.17, 15) is 18.0 Å². The van der Waals surface area contributed by atoms with Gasteiger partial charge in [-0.05, 0) is 68.4 Å². The fourth-order valence-electron chi connectivity index (χ4n) is 6.00. The number of hydrogen-bond donors (Lipinski definition) is 3. The average Bonchev–Trinajstić information content (AvgIpc) is 2.65. The van der Waals surface area contributed by atoms with E-state index < -0.39 is 10.0 Å². The van der Waals surface area contributed by atoms with Crippen LogP contribution in [-0.2, 0) is 19.6 Å². The van der Waals surface area contributed by atoms with Gasteiger partial charge < -0.3 is 15.4 Å². The van der Waals surface area contributed by atoms with Crippen LogP contribution in [0.4, 0.5) is 11.4 Å². The topological polar surface area (TPSA) is 114 Å². The van der Waals surface area contributed by atoms with Gasteiger partial charge in [-0.2, -0.15) is 0 Å². The summed E-state index contributed by atoms with van der Waals surface area (Å²) in [4.78, 5) is 25.3. The Labute approximate surface area is 177 Å². The van der Waals surface area contributed by atoms with Crippen LogP contribution in [0.15, 0.2) is 18.2 Å². The van der Waals surface area contributed by atoms with Crippen LogP contribution in [0.5, 0.6) is 5.75 Å². The number of methoxy groups -OCH3 is 1. The van der Waals surface area contributed by atoms with Gasteiger partial charge in [0.2, 0.25) is 21.8 Å². The summed E-state index contributed by atoms with van der Waals surface area (Å²) < 4.78 is 30.4. The second-order valence-electron chi connectivity index (χ2n) is 9.22. The molecule has 30 heavy (non-hydrogen) atoms. The minimum Gasteiger partial charge on any atom is -0.494 e. The van der Waals surface area contributed by atoms with Crippen LogP contribution in [0, 0.1) is 23.2 Å². The number of carbonyl (C=O) groups excluding carboxylic acids is 2. The van der Waals surface area contributed by atoms with Gasteiger partial charge in [-0.1, -0.05) is 0 Å². The SMILES string of the molecule is COc1cc(NC(=O)CNC(=O)C23CC4CC(CC(C4)C2)C3)ccc1NS(C)(=O)=O. The first-order chi connectivity index (χ1) is 14.2. The van der Waals surface area contributed by atoms with E-state index in [1.54, 1.807) is 6.07 Å². The molecular weight excluding hydrogens is 406 g/mol. The molecule has 4 aliphatic rings. The molecule has 0 radical (unpaired) electrons. The number of nitrogens with one attached hydrogen (secondary N) is 3. The zero-order valence-electron chi connectivity index (χ0n) is 17.4. The molecule has 0 aromatic heterocycles. The minimum absolute atomic E-state index is 0.0158. The van der Waals surface area contributed by atoms with E-state index in [2.05, 4.69) is 15.4 Å². The van der Waals surface area contributed by atoms with E-state index >= 15 is 0 Å². The lowest BCUT2D eigenvalue weighted by molar-refractivity contribution is -0.146. The van der Waals surface area contributed by atoms with E-state index in [1.807, 2.05) is 0 Å². The van der Waals surface area contributed by atoms with Crippen LogP contribution in [0.2, 0.25) is 0 Å². The van der Waals surface area contributed by atoms with Crippen molar-refractivity contribution >= 4 is 33.2 Å². The summed E-state index contributed by atoms with van der Waals surface area (Å²) in [5.74, 6) is 1.98. The van der Waals surface area contributed by atoms with Crippen molar-refractivity contribution in [3.8, 4) is 5.75 Å². The molecule has 0 aliphatic heterocycles. The van der Waals surface area contributed by atoms with Gasteiger partial charge in [0.05, 0.1) is 25.6 Å². The molecule has 4 fully saturated rings. The van der Waals surface area contributed by atoms with Gasteiger partial charge in [0.25, 0.3) is 0 Å². The zero-order valence-corrected chi connectivity index (χ0v) is 18.2. The predicted octanol–water partition coefficient (Wildman–Crippen LogP) is 2.34. The highest BCUT2D eigenvalue weighted by Gasteiger charge is 2.54. The Morgan fingerprint density at radius 2 is 1.70 bits per heavy atom. The Balaban J connectivity index is 1.34. The van der Waals surface area contributed by atoms with E-state index in [0.29, 0.717) is 23.4 Å². The highest BCUT2D eigenvalue weighted by atomic mass is 32.2. The summed E-state index contributed by atoms with van der Waals surface area (Å²) in [5.41, 5.74) is 0.463. The summed E-state index contributed by atoms with van der Waals surface area (Å²) in [7, 11) is -2.03. The number of ether oxygens (including phenoxy) is 1. The second-order valence-corrected chi connectivity index (χ2v) is 11.0. The summed E-state index contributed by atoms with van der Waals surface area (Å²) in [5, 5.41) is 5.58. The van der Waals surface area contributed by atoms with E-state index in [1.165, 1.54) is 38.5 Å². The van der Waals surface area contributed by atoms with Crippen LogP contribution in [0.3, 0.4) is 0 Å². The molecule has 0 unspecified atom stereocenters. The van der Waals surface area contributed by atoms with Gasteiger partial charge >= 0.3 is 0 Å². The molecule has 9 heteroatoms. The van der Waals surface area contributed by atoms with Crippen LogP contribution in [0.25, 0.3) is 0 Å². The molecule has 0 heterocycles. The third kappa shape index (κ3) is 4.40. The number of sulfonamides is 1. The number of anilines is 2. The first-order valence-electron chi connectivity index (χ1n) is 10.4. The van der Waals surface area contributed by atoms with Crippen LogP contribution < -0.4 is 20.1 Å². The van der Waals surface area contributed by atoms with Gasteiger partial charge in [-0.15, -0.1) is 0 Å². The van der Waals surface area contributed by atoms with E-state index in [4.69, 9.17) is 4.74 Å². The van der Waals surface area contributed by atoms with Gasteiger partial charge in [0.15, 0.2) is 0 Å². The Morgan fingerprint density at radius 1 is 1.10 bits per heavy atom. The molecule has 3 N–H and O–H groups in total. The molecule has 4 bridgehead atoms. The van der Waals surface area contributed by atoms with Crippen molar-refractivity contribution in [1.82, 2.24) is 5.32 Å². The Morgan fingerprint density at radius 3 is 2.23 bits per heavy atom. The smallest absolute Gasteiger partial charge is 0.243 e. The second kappa shape index (κ2) is 7.76. The largest absolute Gasteiger partial charge is 0.494 e. The molecule has 8 nitrogen and oxygen atoms in total.